The van der Waals surface area contributed by atoms with Gasteiger partial charge in [-0.1, -0.05) is 0 Å². The minimum atomic E-state index is 0.0538. The molecule has 0 unspecified atom stereocenters. The van der Waals surface area contributed by atoms with Gasteiger partial charge in [0, 0.05) is 25.5 Å². The summed E-state index contributed by atoms with van der Waals surface area (Å²) in [6, 6.07) is 3.84. The number of hydrogen-bond acceptors (Lipinski definition) is 3. The Balaban J connectivity index is 2.00. The molecule has 0 spiro atoms. The van der Waals surface area contributed by atoms with Crippen LogP contribution in [0.3, 0.4) is 0 Å². The van der Waals surface area contributed by atoms with E-state index in [1.54, 1.807) is 6.20 Å². The summed E-state index contributed by atoms with van der Waals surface area (Å²) in [6.07, 6.45) is 1.77. The SMILES string of the molecule is Cn1c(C(=O)N2CCOCC2)cc2cc(Br)ncc21. The first kappa shape index (κ1) is 12.6. The summed E-state index contributed by atoms with van der Waals surface area (Å²) in [5.41, 5.74) is 1.65. The van der Waals surface area contributed by atoms with E-state index in [0.29, 0.717) is 32.0 Å². The van der Waals surface area contributed by atoms with E-state index >= 15 is 0 Å². The molecule has 3 heterocycles. The number of carbonyl (C=O) groups is 1. The van der Waals surface area contributed by atoms with Crippen molar-refractivity contribution in [3.8, 4) is 0 Å². The maximum absolute atomic E-state index is 12.5. The average Bonchev–Trinajstić information content (AvgIpc) is 2.75. The molecule has 1 aliphatic heterocycles. The van der Waals surface area contributed by atoms with Gasteiger partial charge in [-0.25, -0.2) is 4.98 Å². The van der Waals surface area contributed by atoms with Crippen LogP contribution in [0.25, 0.3) is 10.9 Å². The number of hydrogen-bond donors (Lipinski definition) is 0. The molecule has 0 radical (unpaired) electrons. The van der Waals surface area contributed by atoms with Crippen molar-refractivity contribution in [1.29, 1.82) is 0 Å². The number of halogens is 1. The van der Waals surface area contributed by atoms with Gasteiger partial charge in [-0.15, -0.1) is 0 Å². The Morgan fingerprint density at radius 3 is 2.84 bits per heavy atom. The molecule has 3 rings (SSSR count). The molecule has 1 amide bonds. The first-order valence-electron chi connectivity index (χ1n) is 6.15. The van der Waals surface area contributed by atoms with Gasteiger partial charge in [-0.05, 0) is 28.1 Å². The summed E-state index contributed by atoms with van der Waals surface area (Å²) in [4.78, 5) is 18.5. The molecule has 1 saturated heterocycles. The topological polar surface area (TPSA) is 47.4 Å². The van der Waals surface area contributed by atoms with Crippen molar-refractivity contribution in [2.75, 3.05) is 26.3 Å². The zero-order chi connectivity index (χ0) is 13.4. The maximum atomic E-state index is 12.5. The molecular formula is C13H14BrN3O2. The lowest BCUT2D eigenvalue weighted by Crippen LogP contribution is -2.41. The number of ether oxygens (including phenoxy) is 1. The molecule has 0 aromatic carbocycles. The van der Waals surface area contributed by atoms with E-state index in [2.05, 4.69) is 20.9 Å². The molecule has 6 heteroatoms. The van der Waals surface area contributed by atoms with Crippen LogP contribution in [0.15, 0.2) is 22.9 Å². The molecule has 1 aliphatic rings. The number of fused-ring (bicyclic) bond motifs is 1. The Morgan fingerprint density at radius 2 is 2.11 bits per heavy atom. The molecule has 5 nitrogen and oxygen atoms in total. The summed E-state index contributed by atoms with van der Waals surface area (Å²) in [5.74, 6) is 0.0538. The second-order valence-corrected chi connectivity index (χ2v) is 5.37. The Labute approximate surface area is 119 Å². The largest absolute Gasteiger partial charge is 0.378 e. The Kier molecular flexibility index (Phi) is 3.28. The lowest BCUT2D eigenvalue weighted by Gasteiger charge is -2.26. The van der Waals surface area contributed by atoms with Crippen molar-refractivity contribution in [3.05, 3.63) is 28.6 Å². The van der Waals surface area contributed by atoms with Gasteiger partial charge < -0.3 is 14.2 Å². The van der Waals surface area contributed by atoms with Gasteiger partial charge in [-0.2, -0.15) is 0 Å². The normalized spacial score (nSPS) is 16.0. The summed E-state index contributed by atoms with van der Waals surface area (Å²) < 4.78 is 7.94. The van der Waals surface area contributed by atoms with Crippen LogP contribution in [0.5, 0.6) is 0 Å². The van der Waals surface area contributed by atoms with Crippen LogP contribution < -0.4 is 0 Å². The predicted molar refractivity (Wildman–Crippen MR) is 75.1 cm³/mol. The van der Waals surface area contributed by atoms with E-state index in [9.17, 15) is 4.79 Å². The standard InChI is InChI=1S/C13H14BrN3O2/c1-16-10(13(18)17-2-4-19-5-3-17)6-9-7-12(14)15-8-11(9)16/h6-8H,2-5H2,1H3. The smallest absolute Gasteiger partial charge is 0.270 e. The number of pyridine rings is 1. The van der Waals surface area contributed by atoms with E-state index < -0.39 is 0 Å². The van der Waals surface area contributed by atoms with Crippen molar-refractivity contribution in [1.82, 2.24) is 14.5 Å². The summed E-state index contributed by atoms with van der Waals surface area (Å²) in [6.45, 7) is 2.54. The maximum Gasteiger partial charge on any atom is 0.270 e. The molecule has 1 fully saturated rings. The summed E-state index contributed by atoms with van der Waals surface area (Å²) >= 11 is 3.35. The Hall–Kier alpha value is -1.40. The zero-order valence-electron chi connectivity index (χ0n) is 10.6. The highest BCUT2D eigenvalue weighted by Crippen LogP contribution is 2.22. The average molecular weight is 324 g/mol. The lowest BCUT2D eigenvalue weighted by atomic mass is 10.3. The fraction of sp³-hybridized carbons (Fsp3) is 0.385. The van der Waals surface area contributed by atoms with Gasteiger partial charge in [0.1, 0.15) is 10.3 Å². The molecule has 2 aromatic rings. The summed E-state index contributed by atoms with van der Waals surface area (Å²) in [5, 5.41) is 1.01. The van der Waals surface area contributed by atoms with Gasteiger partial charge >= 0.3 is 0 Å². The molecule has 0 saturated carbocycles. The number of aromatic nitrogens is 2. The molecule has 0 aliphatic carbocycles. The first-order chi connectivity index (χ1) is 9.16. The van der Waals surface area contributed by atoms with Gasteiger partial charge in [0.05, 0.1) is 24.9 Å². The number of carbonyl (C=O) groups excluding carboxylic acids is 1. The second-order valence-electron chi connectivity index (χ2n) is 4.56. The first-order valence-corrected chi connectivity index (χ1v) is 6.94. The molecule has 100 valence electrons. The highest BCUT2D eigenvalue weighted by Gasteiger charge is 2.22. The minimum absolute atomic E-state index is 0.0538. The molecular weight excluding hydrogens is 310 g/mol. The fourth-order valence-corrected chi connectivity index (χ4v) is 2.69. The molecule has 0 N–H and O–H groups in total. The third kappa shape index (κ3) is 2.26. The number of amides is 1. The predicted octanol–water partition coefficient (Wildman–Crippen LogP) is 1.81. The van der Waals surface area contributed by atoms with Crippen LogP contribution >= 0.6 is 15.9 Å². The van der Waals surface area contributed by atoms with E-state index in [1.807, 2.05) is 28.6 Å². The number of morpholine rings is 1. The molecule has 19 heavy (non-hydrogen) atoms. The third-order valence-corrected chi connectivity index (χ3v) is 3.85. The highest BCUT2D eigenvalue weighted by molar-refractivity contribution is 9.10. The molecule has 0 bridgehead atoms. The molecule has 0 atom stereocenters. The number of nitrogens with zero attached hydrogens (tertiary/aromatic N) is 3. The van der Waals surface area contributed by atoms with Crippen molar-refractivity contribution in [2.45, 2.75) is 0 Å². The van der Waals surface area contributed by atoms with Crippen LogP contribution in [0.2, 0.25) is 0 Å². The van der Waals surface area contributed by atoms with Gasteiger partial charge in [0.2, 0.25) is 0 Å². The van der Waals surface area contributed by atoms with Crippen molar-refractivity contribution in [2.24, 2.45) is 7.05 Å². The van der Waals surface area contributed by atoms with Gasteiger partial charge in [-0.3, -0.25) is 4.79 Å². The monoisotopic (exact) mass is 323 g/mol. The summed E-state index contributed by atoms with van der Waals surface area (Å²) in [7, 11) is 1.89. The van der Waals surface area contributed by atoms with Gasteiger partial charge in [0.15, 0.2) is 0 Å². The van der Waals surface area contributed by atoms with Crippen molar-refractivity contribution < 1.29 is 9.53 Å². The van der Waals surface area contributed by atoms with Crippen LogP contribution in [-0.2, 0) is 11.8 Å². The number of rotatable bonds is 1. The number of aryl methyl sites for hydroxylation is 1. The minimum Gasteiger partial charge on any atom is -0.378 e. The Morgan fingerprint density at radius 1 is 1.37 bits per heavy atom. The quantitative estimate of drug-likeness (QED) is 0.752. The molecule has 2 aromatic heterocycles. The van der Waals surface area contributed by atoms with E-state index in [-0.39, 0.29) is 5.91 Å². The lowest BCUT2D eigenvalue weighted by molar-refractivity contribution is 0.0297. The third-order valence-electron chi connectivity index (χ3n) is 3.41. The van der Waals surface area contributed by atoms with Crippen LogP contribution in [0, 0.1) is 0 Å². The van der Waals surface area contributed by atoms with Crippen molar-refractivity contribution in [3.63, 3.8) is 0 Å². The van der Waals surface area contributed by atoms with E-state index in [4.69, 9.17) is 4.74 Å². The fourth-order valence-electron chi connectivity index (χ4n) is 2.34. The van der Waals surface area contributed by atoms with E-state index in [1.165, 1.54) is 0 Å². The van der Waals surface area contributed by atoms with Gasteiger partial charge in [0.25, 0.3) is 5.91 Å². The van der Waals surface area contributed by atoms with Crippen LogP contribution in [-0.4, -0.2) is 46.7 Å². The second kappa shape index (κ2) is 4.94. The Bertz CT molecular complexity index is 632. The van der Waals surface area contributed by atoms with Crippen LogP contribution in [0.1, 0.15) is 10.5 Å². The highest BCUT2D eigenvalue weighted by atomic mass is 79.9. The van der Waals surface area contributed by atoms with E-state index in [0.717, 1.165) is 15.5 Å². The zero-order valence-corrected chi connectivity index (χ0v) is 12.2. The van der Waals surface area contributed by atoms with Crippen LogP contribution in [0.4, 0.5) is 0 Å². The van der Waals surface area contributed by atoms with Crippen molar-refractivity contribution >= 4 is 32.7 Å².